The maximum atomic E-state index is 14.0. The van der Waals surface area contributed by atoms with E-state index in [9.17, 15) is 36.6 Å². The molecule has 40 heavy (non-hydrogen) atoms. The van der Waals surface area contributed by atoms with Gasteiger partial charge >= 0.3 is 12.4 Å². The predicted molar refractivity (Wildman–Crippen MR) is 137 cm³/mol. The molecule has 1 aromatic heterocycles. The SMILES string of the molecule is CC1=NN=c2ccc(=C(Cc3ccc(C(F)(F)F)cc3C(F)(F)F)c3sc(N4CCN[C@@H](CO)C4)nc3O)cc21. The van der Waals surface area contributed by atoms with Crippen LogP contribution in [0.3, 0.4) is 0 Å². The van der Waals surface area contributed by atoms with Gasteiger partial charge in [0, 0.05) is 37.7 Å². The van der Waals surface area contributed by atoms with Gasteiger partial charge in [-0.2, -0.15) is 41.5 Å². The van der Waals surface area contributed by atoms with Crippen LogP contribution in [0.2, 0.25) is 0 Å². The highest BCUT2D eigenvalue weighted by molar-refractivity contribution is 7.17. The van der Waals surface area contributed by atoms with E-state index in [1.54, 1.807) is 25.1 Å². The summed E-state index contributed by atoms with van der Waals surface area (Å²) < 4.78 is 81.8. The minimum Gasteiger partial charge on any atom is -0.492 e. The minimum absolute atomic E-state index is 0.110. The fourth-order valence-corrected chi connectivity index (χ4v) is 5.77. The van der Waals surface area contributed by atoms with E-state index in [0.717, 1.165) is 17.4 Å². The molecule has 0 saturated carbocycles. The second-order valence-electron chi connectivity index (χ2n) is 9.47. The lowest BCUT2D eigenvalue weighted by molar-refractivity contribution is -0.143. The number of aliphatic hydroxyl groups is 1. The Balaban J connectivity index is 1.67. The number of nitrogens with one attached hydrogen (secondary N) is 1. The van der Waals surface area contributed by atoms with Gasteiger partial charge < -0.3 is 20.4 Å². The lowest BCUT2D eigenvalue weighted by Crippen LogP contribution is -2.52. The zero-order valence-corrected chi connectivity index (χ0v) is 21.8. The molecule has 2 aliphatic rings. The summed E-state index contributed by atoms with van der Waals surface area (Å²) in [5, 5.41) is 33.1. The molecule has 0 amide bonds. The largest absolute Gasteiger partial charge is 0.492 e. The quantitative estimate of drug-likeness (QED) is 0.401. The number of halogens is 6. The molecule has 2 aliphatic heterocycles. The number of aromatic hydroxyl groups is 1. The van der Waals surface area contributed by atoms with Gasteiger partial charge in [-0.3, -0.25) is 0 Å². The fraction of sp³-hybridized carbons (Fsp3) is 0.346. The highest BCUT2D eigenvalue weighted by Gasteiger charge is 2.38. The van der Waals surface area contributed by atoms with Crippen molar-refractivity contribution >= 4 is 27.8 Å². The van der Waals surface area contributed by atoms with Crippen molar-refractivity contribution in [1.82, 2.24) is 10.3 Å². The topological polar surface area (TPSA) is 93.3 Å². The summed E-state index contributed by atoms with van der Waals surface area (Å²) in [6, 6.07) is 6.27. The smallest absolute Gasteiger partial charge is 0.416 e. The van der Waals surface area contributed by atoms with Crippen LogP contribution in [0.5, 0.6) is 5.88 Å². The monoisotopic (exact) mass is 583 g/mol. The van der Waals surface area contributed by atoms with Gasteiger partial charge in [0.05, 0.1) is 33.7 Å². The second kappa shape index (κ2) is 10.5. The molecular formula is C26H23F6N5O2S. The van der Waals surface area contributed by atoms with E-state index in [4.69, 9.17) is 0 Å². The third kappa shape index (κ3) is 5.56. The molecule has 1 atom stereocenters. The normalized spacial score (nSPS) is 18.4. The van der Waals surface area contributed by atoms with Gasteiger partial charge in [-0.05, 0) is 47.5 Å². The Bertz CT molecular complexity index is 1600. The number of benzene rings is 2. The third-order valence-corrected chi connectivity index (χ3v) is 7.94. The molecule has 212 valence electrons. The summed E-state index contributed by atoms with van der Waals surface area (Å²) in [7, 11) is 0. The van der Waals surface area contributed by atoms with Crippen molar-refractivity contribution < 1.29 is 36.6 Å². The summed E-state index contributed by atoms with van der Waals surface area (Å²) in [6.07, 6.45) is -10.4. The molecule has 0 radical (unpaired) electrons. The summed E-state index contributed by atoms with van der Waals surface area (Å²) in [5.41, 5.74) is -1.71. The number of piperazine rings is 1. The van der Waals surface area contributed by atoms with Crippen molar-refractivity contribution in [3.63, 3.8) is 0 Å². The van der Waals surface area contributed by atoms with E-state index in [1.807, 2.05) is 4.90 Å². The van der Waals surface area contributed by atoms with E-state index in [1.165, 1.54) is 0 Å². The van der Waals surface area contributed by atoms with E-state index in [-0.39, 0.29) is 34.7 Å². The first-order valence-corrected chi connectivity index (χ1v) is 13.0. The first kappa shape index (κ1) is 28.1. The Kier molecular flexibility index (Phi) is 7.35. The first-order valence-electron chi connectivity index (χ1n) is 12.2. The second-order valence-corrected chi connectivity index (χ2v) is 10.4. The molecule has 0 aliphatic carbocycles. The van der Waals surface area contributed by atoms with Crippen LogP contribution < -0.4 is 20.8 Å². The van der Waals surface area contributed by atoms with Gasteiger partial charge in [0.1, 0.15) is 0 Å². The molecule has 2 aromatic carbocycles. The van der Waals surface area contributed by atoms with E-state index < -0.39 is 35.8 Å². The Morgan fingerprint density at radius 3 is 2.55 bits per heavy atom. The standard InChI is InChI=1S/C26H23F6N5O2S/c1-13-18-8-14(3-5-21(18)36-35-13)19(9-15-2-4-16(25(27,28)29)10-20(15)26(30,31)32)22-23(39)34-24(40-22)37-7-6-33-17(11-37)12-38/h2-5,8,10,17,33,38-39H,6-7,9,11-12H2,1H3/t17-/m1/s1. The molecule has 1 saturated heterocycles. The molecule has 3 heterocycles. The number of hydrogen-bond donors (Lipinski definition) is 3. The predicted octanol–water partition coefficient (Wildman–Crippen LogP) is 3.46. The van der Waals surface area contributed by atoms with Crippen molar-refractivity contribution in [2.45, 2.75) is 31.7 Å². The highest BCUT2D eigenvalue weighted by Crippen LogP contribution is 2.41. The molecule has 7 nitrogen and oxygen atoms in total. The number of aliphatic hydroxyl groups excluding tert-OH is 1. The lowest BCUT2D eigenvalue weighted by Gasteiger charge is -2.32. The molecule has 1 fully saturated rings. The molecule has 5 rings (SSSR count). The summed E-state index contributed by atoms with van der Waals surface area (Å²) in [4.78, 5) is 6.29. The zero-order valence-electron chi connectivity index (χ0n) is 20.9. The van der Waals surface area contributed by atoms with Gasteiger partial charge in [0.15, 0.2) is 5.13 Å². The van der Waals surface area contributed by atoms with Gasteiger partial charge in [-0.15, -0.1) is 0 Å². The van der Waals surface area contributed by atoms with Crippen molar-refractivity contribution in [3.8, 4) is 5.88 Å². The Labute approximate surface area is 227 Å². The van der Waals surface area contributed by atoms with Crippen LogP contribution in [0.25, 0.3) is 5.57 Å². The fourth-order valence-electron chi connectivity index (χ4n) is 4.71. The lowest BCUT2D eigenvalue weighted by atomic mass is 9.94. The third-order valence-electron chi connectivity index (χ3n) is 6.77. The van der Waals surface area contributed by atoms with Crippen LogP contribution in [0.15, 0.2) is 46.6 Å². The maximum Gasteiger partial charge on any atom is 0.416 e. The number of nitrogens with zero attached hydrogens (tertiary/aromatic N) is 4. The summed E-state index contributed by atoms with van der Waals surface area (Å²) in [5.74, 6) is -0.412. The van der Waals surface area contributed by atoms with E-state index >= 15 is 0 Å². The molecule has 3 aromatic rings. The Morgan fingerprint density at radius 1 is 1.07 bits per heavy atom. The van der Waals surface area contributed by atoms with Crippen LogP contribution in [0.4, 0.5) is 31.5 Å². The number of fused-ring (bicyclic) bond motifs is 1. The van der Waals surface area contributed by atoms with Crippen molar-refractivity contribution in [1.29, 1.82) is 0 Å². The first-order chi connectivity index (χ1) is 18.8. The summed E-state index contributed by atoms with van der Waals surface area (Å²) in [6.45, 7) is 3.07. The van der Waals surface area contributed by atoms with Gasteiger partial charge in [-0.1, -0.05) is 23.5 Å². The van der Waals surface area contributed by atoms with Crippen LogP contribution in [-0.2, 0) is 18.8 Å². The maximum absolute atomic E-state index is 14.0. The number of aromatic nitrogens is 1. The minimum atomic E-state index is -5.05. The molecule has 3 N–H and O–H groups in total. The molecule has 0 bridgehead atoms. The number of hydrogen-bond acceptors (Lipinski definition) is 8. The number of rotatable bonds is 5. The molecule has 0 spiro atoms. The molecule has 0 unspecified atom stereocenters. The zero-order chi connectivity index (χ0) is 28.8. The van der Waals surface area contributed by atoms with Gasteiger partial charge in [0.2, 0.25) is 5.88 Å². The highest BCUT2D eigenvalue weighted by atomic mass is 32.1. The average Bonchev–Trinajstić information content (AvgIpc) is 3.48. The van der Waals surface area contributed by atoms with Gasteiger partial charge in [0.25, 0.3) is 0 Å². The van der Waals surface area contributed by atoms with Gasteiger partial charge in [-0.25, -0.2) is 0 Å². The number of thiazole rings is 1. The van der Waals surface area contributed by atoms with Crippen molar-refractivity contribution in [2.75, 3.05) is 31.1 Å². The van der Waals surface area contributed by atoms with Crippen LogP contribution in [0, 0.1) is 0 Å². The Morgan fingerprint density at radius 2 is 1.85 bits per heavy atom. The van der Waals surface area contributed by atoms with Crippen LogP contribution in [-0.4, -0.2) is 53.2 Å². The van der Waals surface area contributed by atoms with Crippen LogP contribution >= 0.6 is 11.3 Å². The Hall–Kier alpha value is -3.49. The summed E-state index contributed by atoms with van der Waals surface area (Å²) >= 11 is 1.06. The number of alkyl halides is 6. The van der Waals surface area contributed by atoms with E-state index in [0.29, 0.717) is 52.7 Å². The average molecular weight is 584 g/mol. The molecular weight excluding hydrogens is 560 g/mol. The van der Waals surface area contributed by atoms with Crippen molar-refractivity contribution in [2.24, 2.45) is 10.2 Å². The number of anilines is 1. The van der Waals surface area contributed by atoms with E-state index in [2.05, 4.69) is 20.5 Å². The van der Waals surface area contributed by atoms with Crippen LogP contribution in [0.1, 0.15) is 34.1 Å². The van der Waals surface area contributed by atoms with Crippen molar-refractivity contribution in [3.05, 3.63) is 74.1 Å². The molecule has 14 heteroatoms.